The van der Waals surface area contributed by atoms with Gasteiger partial charge in [0.15, 0.2) is 0 Å². The van der Waals surface area contributed by atoms with E-state index in [2.05, 4.69) is 10.1 Å². The molecule has 2 aliphatic rings. The maximum absolute atomic E-state index is 14.9. The molecule has 1 aromatic heterocycles. The van der Waals surface area contributed by atoms with Crippen molar-refractivity contribution in [3.63, 3.8) is 0 Å². The van der Waals surface area contributed by atoms with Gasteiger partial charge < -0.3 is 19.5 Å². The zero-order valence-electron chi connectivity index (χ0n) is 18.4. The lowest BCUT2D eigenvalue weighted by atomic mass is 10.1. The summed E-state index contributed by atoms with van der Waals surface area (Å²) in [5.74, 6) is 0.261. The van der Waals surface area contributed by atoms with E-state index in [0.717, 1.165) is 0 Å². The molecule has 0 spiro atoms. The highest BCUT2D eigenvalue weighted by Crippen LogP contribution is 2.30. The lowest BCUT2D eigenvalue weighted by molar-refractivity contribution is -0.117. The number of aromatic nitrogens is 1. The van der Waals surface area contributed by atoms with Gasteiger partial charge in [0.05, 0.1) is 31.9 Å². The molecule has 4 rings (SSSR count). The molecule has 0 unspecified atom stereocenters. The van der Waals surface area contributed by atoms with Gasteiger partial charge in [-0.1, -0.05) is 0 Å². The highest BCUT2D eigenvalue weighted by Gasteiger charge is 2.32. The topological polar surface area (TPSA) is 98.6 Å². The minimum absolute atomic E-state index is 0.0377. The Hall–Kier alpha value is -3.53. The lowest BCUT2D eigenvalue weighted by Gasteiger charge is -2.28. The molecule has 1 aromatic carbocycles. The van der Waals surface area contributed by atoms with Crippen LogP contribution in [0.25, 0.3) is 11.1 Å². The Morgan fingerprint density at radius 2 is 2.12 bits per heavy atom. The second-order valence-corrected chi connectivity index (χ2v) is 8.03. The highest BCUT2D eigenvalue weighted by atomic mass is 19.1. The third kappa shape index (κ3) is 5.28. The van der Waals surface area contributed by atoms with Crippen molar-refractivity contribution in [2.24, 2.45) is 5.10 Å². The average Bonchev–Trinajstić information content (AvgIpc) is 3.19. The van der Waals surface area contributed by atoms with E-state index in [1.165, 1.54) is 17.9 Å². The van der Waals surface area contributed by atoms with Gasteiger partial charge in [-0.15, -0.1) is 0 Å². The van der Waals surface area contributed by atoms with E-state index in [1.807, 2.05) is 4.90 Å². The number of Topliss-reactive ketones (excluding diaryl/α,β-unsaturated/α-hetero) is 1. The predicted octanol–water partition coefficient (Wildman–Crippen LogP) is 2.64. The number of carbonyl (C=O) groups excluding carboxylic acids is 2. The third-order valence-corrected chi connectivity index (χ3v) is 5.62. The number of hydrazone groups is 1. The molecule has 0 saturated carbocycles. The number of halogens is 1. The molecule has 0 radical (unpaired) electrons. The summed E-state index contributed by atoms with van der Waals surface area (Å²) >= 11 is 0. The molecule has 1 N–H and O–H groups in total. The predicted molar refractivity (Wildman–Crippen MR) is 122 cm³/mol. The molecule has 1 saturated heterocycles. The fraction of sp³-hybridized carbons (Fsp3) is 0.391. The highest BCUT2D eigenvalue weighted by molar-refractivity contribution is 5.90. The van der Waals surface area contributed by atoms with Crippen LogP contribution >= 0.6 is 0 Å². The summed E-state index contributed by atoms with van der Waals surface area (Å²) in [6, 6.07) is 8.19. The molecule has 0 aliphatic carbocycles. The number of pyridine rings is 1. The average molecular weight is 455 g/mol. The molecule has 1 fully saturated rings. The number of aliphatic hydroxyl groups is 1. The van der Waals surface area contributed by atoms with Crippen molar-refractivity contribution in [2.75, 3.05) is 42.6 Å². The smallest absolute Gasteiger partial charge is 0.414 e. The molecule has 2 aromatic rings. The number of rotatable bonds is 8. The van der Waals surface area contributed by atoms with Crippen LogP contribution in [0.15, 0.2) is 41.6 Å². The number of aliphatic hydroxyl groups excluding tert-OH is 1. The van der Waals surface area contributed by atoms with Gasteiger partial charge in [0.1, 0.15) is 29.9 Å². The third-order valence-electron chi connectivity index (χ3n) is 5.62. The summed E-state index contributed by atoms with van der Waals surface area (Å²) in [6.07, 6.45) is 3.14. The molecule has 33 heavy (non-hydrogen) atoms. The number of ketones is 1. The lowest BCUT2D eigenvalue weighted by Crippen LogP contribution is -2.39. The van der Waals surface area contributed by atoms with Gasteiger partial charge in [-0.2, -0.15) is 5.10 Å². The first-order valence-electron chi connectivity index (χ1n) is 10.8. The van der Waals surface area contributed by atoms with Gasteiger partial charge in [-0.05, 0) is 43.7 Å². The molecule has 9 nitrogen and oxygen atoms in total. The maximum Gasteiger partial charge on any atom is 0.414 e. The van der Waals surface area contributed by atoms with Crippen molar-refractivity contribution < 1.29 is 23.8 Å². The summed E-state index contributed by atoms with van der Waals surface area (Å²) in [6.45, 7) is 3.67. The van der Waals surface area contributed by atoms with Crippen LogP contribution in [-0.2, 0) is 9.53 Å². The van der Waals surface area contributed by atoms with Gasteiger partial charge >= 0.3 is 6.09 Å². The van der Waals surface area contributed by atoms with E-state index in [1.54, 1.807) is 41.8 Å². The van der Waals surface area contributed by atoms with Gasteiger partial charge in [0.25, 0.3) is 0 Å². The summed E-state index contributed by atoms with van der Waals surface area (Å²) in [5, 5.41) is 15.0. The van der Waals surface area contributed by atoms with Crippen molar-refractivity contribution in [1.82, 2.24) is 9.99 Å². The number of hydrogen-bond acceptors (Lipinski definition) is 8. The van der Waals surface area contributed by atoms with E-state index < -0.39 is 11.9 Å². The number of amides is 1. The number of benzene rings is 1. The van der Waals surface area contributed by atoms with Crippen LogP contribution in [0.3, 0.4) is 0 Å². The summed E-state index contributed by atoms with van der Waals surface area (Å²) < 4.78 is 20.2. The number of nitrogens with zero attached hydrogens (tertiary/aromatic N) is 5. The zero-order chi connectivity index (χ0) is 23.4. The molecule has 1 amide bonds. The van der Waals surface area contributed by atoms with Crippen molar-refractivity contribution >= 4 is 29.7 Å². The number of anilines is 2. The van der Waals surface area contributed by atoms with E-state index in [9.17, 15) is 14.0 Å². The zero-order valence-corrected chi connectivity index (χ0v) is 18.4. The van der Waals surface area contributed by atoms with E-state index in [-0.39, 0.29) is 25.0 Å². The fourth-order valence-corrected chi connectivity index (χ4v) is 3.80. The molecule has 2 aliphatic heterocycles. The maximum atomic E-state index is 14.9. The minimum Gasteiger partial charge on any atom is -0.444 e. The quantitative estimate of drug-likeness (QED) is 0.653. The van der Waals surface area contributed by atoms with Gasteiger partial charge in [0, 0.05) is 30.3 Å². The van der Waals surface area contributed by atoms with Crippen LogP contribution in [0.5, 0.6) is 0 Å². The summed E-state index contributed by atoms with van der Waals surface area (Å²) in [7, 11) is 0. The van der Waals surface area contributed by atoms with Gasteiger partial charge in [-0.25, -0.2) is 14.2 Å². The fourth-order valence-electron chi connectivity index (χ4n) is 3.80. The molecule has 174 valence electrons. The summed E-state index contributed by atoms with van der Waals surface area (Å²) in [5.41, 5.74) is 1.40. The van der Waals surface area contributed by atoms with Gasteiger partial charge in [-0.3, -0.25) is 9.91 Å². The van der Waals surface area contributed by atoms with Crippen LogP contribution in [0.2, 0.25) is 0 Å². The number of cyclic esters (lactones) is 1. The Balaban J connectivity index is 1.44. The van der Waals surface area contributed by atoms with Crippen molar-refractivity contribution in [3.05, 3.63) is 42.3 Å². The van der Waals surface area contributed by atoms with Crippen LogP contribution in [0.4, 0.5) is 20.7 Å². The van der Waals surface area contributed by atoms with Crippen molar-refractivity contribution in [1.29, 1.82) is 0 Å². The first-order chi connectivity index (χ1) is 15.9. The van der Waals surface area contributed by atoms with Crippen molar-refractivity contribution in [3.8, 4) is 11.1 Å². The Kier molecular flexibility index (Phi) is 6.83. The Labute approximate surface area is 191 Å². The van der Waals surface area contributed by atoms with Crippen molar-refractivity contribution in [2.45, 2.75) is 25.9 Å². The Morgan fingerprint density at radius 3 is 2.76 bits per heavy atom. The Morgan fingerprint density at radius 1 is 1.27 bits per heavy atom. The molecule has 0 bridgehead atoms. The SMILES string of the molecule is CC(=O)CC[C@H]1CN(c2ccc(-c3ccc(N4C=NN(CCO)CC4)nc3)c(F)c2)C(=O)O1. The molecular weight excluding hydrogens is 429 g/mol. The molecule has 10 heteroatoms. The number of ether oxygens (including phenoxy) is 1. The first-order valence-corrected chi connectivity index (χ1v) is 10.8. The molecular formula is C23H26FN5O4. The molecule has 3 heterocycles. The van der Waals surface area contributed by atoms with Gasteiger partial charge in [0.2, 0.25) is 0 Å². The standard InChI is InChI=1S/C23H26FN5O4/c1-16(31)2-5-19-14-29(23(32)33-19)18-4-6-20(21(24)12-18)17-3-7-22(25-13-17)27-8-9-28(10-11-30)26-15-27/h3-4,6-7,12-13,15,19,30H,2,5,8-11,14H2,1H3/t19-/m0/s1. The Bertz CT molecular complexity index is 1050. The van der Waals surface area contributed by atoms with Crippen LogP contribution in [0, 0.1) is 5.82 Å². The number of hydrogen-bond donors (Lipinski definition) is 1. The monoisotopic (exact) mass is 455 g/mol. The van der Waals surface area contributed by atoms with E-state index in [0.29, 0.717) is 55.1 Å². The first kappa shape index (κ1) is 22.7. The second-order valence-electron chi connectivity index (χ2n) is 8.03. The van der Waals surface area contributed by atoms with Crippen LogP contribution in [-0.4, -0.2) is 72.2 Å². The largest absolute Gasteiger partial charge is 0.444 e. The van der Waals surface area contributed by atoms with Crippen LogP contribution < -0.4 is 9.80 Å². The summed E-state index contributed by atoms with van der Waals surface area (Å²) in [4.78, 5) is 31.1. The van der Waals surface area contributed by atoms with Crippen LogP contribution in [0.1, 0.15) is 19.8 Å². The molecule has 1 atom stereocenters. The minimum atomic E-state index is -0.539. The number of β-amino-alcohol motifs (C(OH)–C–C–N with tert-alkyl or cyclic N) is 1. The second kappa shape index (κ2) is 9.95. The van der Waals surface area contributed by atoms with E-state index in [4.69, 9.17) is 9.84 Å². The normalized spacial score (nSPS) is 18.1. The number of carbonyl (C=O) groups is 2. The van der Waals surface area contributed by atoms with E-state index >= 15 is 0 Å².